The van der Waals surface area contributed by atoms with Crippen LogP contribution in [0.5, 0.6) is 5.75 Å². The van der Waals surface area contributed by atoms with Crippen LogP contribution in [0.25, 0.3) is 27.7 Å². The molecule has 0 bridgehead atoms. The van der Waals surface area contributed by atoms with Crippen molar-refractivity contribution in [3.63, 3.8) is 0 Å². The van der Waals surface area contributed by atoms with Gasteiger partial charge in [0.25, 0.3) is 0 Å². The zero-order valence-electron chi connectivity index (χ0n) is 23.7. The van der Waals surface area contributed by atoms with E-state index in [0.717, 1.165) is 39.0 Å². The average molecular weight is 617 g/mol. The number of halogens is 2. The monoisotopic (exact) mass is 615 g/mol. The smallest absolute Gasteiger partial charge is 0.237 e. The van der Waals surface area contributed by atoms with Crippen LogP contribution in [0, 0.1) is 0 Å². The van der Waals surface area contributed by atoms with Crippen molar-refractivity contribution in [1.29, 1.82) is 0 Å². The Morgan fingerprint density at radius 3 is 2.56 bits per heavy atom. The molecule has 5 aromatic rings. The second-order valence-corrected chi connectivity index (χ2v) is 11.0. The van der Waals surface area contributed by atoms with E-state index in [1.54, 1.807) is 31.6 Å². The lowest BCUT2D eigenvalue weighted by Gasteiger charge is -2.23. The molecule has 2 aromatic heterocycles. The highest BCUT2D eigenvalue weighted by Gasteiger charge is 2.20. The number of methoxy groups -OCH3 is 1. The van der Waals surface area contributed by atoms with Crippen LogP contribution in [0.4, 0.5) is 0 Å². The van der Waals surface area contributed by atoms with Crippen molar-refractivity contribution in [3.05, 3.63) is 106 Å². The Labute approximate surface area is 260 Å². The van der Waals surface area contributed by atoms with Gasteiger partial charge in [0.15, 0.2) is 0 Å². The number of hydrogen-bond donors (Lipinski definition) is 1. The topological polar surface area (TPSA) is 103 Å². The van der Waals surface area contributed by atoms with Gasteiger partial charge in [-0.3, -0.25) is 14.6 Å². The number of carbonyl (C=O) groups is 2. The molecular formula is C33H31Cl2N5O3. The van der Waals surface area contributed by atoms with Gasteiger partial charge >= 0.3 is 0 Å². The fourth-order valence-electron chi connectivity index (χ4n) is 5.12. The molecule has 0 radical (unpaired) electrons. The molecule has 2 heterocycles. The first-order chi connectivity index (χ1) is 20.8. The number of ether oxygens (including phenoxy) is 1. The van der Waals surface area contributed by atoms with Crippen molar-refractivity contribution in [1.82, 2.24) is 19.7 Å². The van der Waals surface area contributed by atoms with E-state index >= 15 is 0 Å². The Hall–Kier alpha value is -4.40. The number of carbonyl (C=O) groups excluding carboxylic acids is 2. The van der Waals surface area contributed by atoms with E-state index in [-0.39, 0.29) is 25.4 Å². The molecule has 0 aliphatic rings. The van der Waals surface area contributed by atoms with E-state index in [4.69, 9.17) is 38.8 Å². The quantitative estimate of drug-likeness (QED) is 0.159. The number of hydrogen-bond acceptors (Lipinski definition) is 5. The third kappa shape index (κ3) is 7.16. The molecule has 2 amide bonds. The van der Waals surface area contributed by atoms with Crippen LogP contribution in [-0.4, -0.2) is 45.1 Å². The first-order valence-electron chi connectivity index (χ1n) is 13.9. The van der Waals surface area contributed by atoms with E-state index in [0.29, 0.717) is 35.1 Å². The number of aryl methyl sites for hydroxylation is 1. The summed E-state index contributed by atoms with van der Waals surface area (Å²) in [6.45, 7) is 0.0364. The predicted molar refractivity (Wildman–Crippen MR) is 169 cm³/mol. The number of primary amides is 1. The number of benzene rings is 3. The standard InChI is InChI=1S/C33H31Cl2N5O3/c1-43-31-15-12-22-7-2-4-10-26(22)27(31)20-39(21-32(36)41)33(42)11-5-3-9-24-18-30(23-8-6-16-37-19-23)38-40(24)25-13-14-28(34)29(35)17-25/h2,4,6-8,10,12-19H,3,5,9,11,20-21H2,1H3,(H2,36,41). The van der Waals surface area contributed by atoms with Crippen LogP contribution in [0.1, 0.15) is 30.5 Å². The highest BCUT2D eigenvalue weighted by Crippen LogP contribution is 2.30. The van der Waals surface area contributed by atoms with Crippen LogP contribution < -0.4 is 10.5 Å². The van der Waals surface area contributed by atoms with E-state index in [1.807, 2.05) is 65.3 Å². The van der Waals surface area contributed by atoms with Crippen molar-refractivity contribution >= 4 is 45.8 Å². The second kappa shape index (κ2) is 13.7. The second-order valence-electron chi connectivity index (χ2n) is 10.2. The zero-order valence-corrected chi connectivity index (χ0v) is 25.2. The molecule has 5 rings (SSSR count). The number of unbranched alkanes of at least 4 members (excludes halogenated alkanes) is 1. The highest BCUT2D eigenvalue weighted by molar-refractivity contribution is 6.42. The van der Waals surface area contributed by atoms with Gasteiger partial charge in [0.1, 0.15) is 5.75 Å². The van der Waals surface area contributed by atoms with Gasteiger partial charge in [-0.25, -0.2) is 4.68 Å². The predicted octanol–water partition coefficient (Wildman–Crippen LogP) is 6.63. The van der Waals surface area contributed by atoms with E-state index in [9.17, 15) is 9.59 Å². The molecule has 0 spiro atoms. The molecule has 220 valence electrons. The summed E-state index contributed by atoms with van der Waals surface area (Å²) >= 11 is 12.5. The van der Waals surface area contributed by atoms with Gasteiger partial charge in [-0.1, -0.05) is 53.5 Å². The Morgan fingerprint density at radius 2 is 1.81 bits per heavy atom. The van der Waals surface area contributed by atoms with Gasteiger partial charge in [0, 0.05) is 35.6 Å². The third-order valence-corrected chi connectivity index (χ3v) is 7.97. The van der Waals surface area contributed by atoms with Gasteiger partial charge in [-0.15, -0.1) is 0 Å². The van der Waals surface area contributed by atoms with Gasteiger partial charge in [0.05, 0.1) is 41.6 Å². The molecule has 0 aliphatic carbocycles. The number of pyridine rings is 1. The summed E-state index contributed by atoms with van der Waals surface area (Å²) < 4.78 is 7.45. The zero-order chi connectivity index (χ0) is 30.3. The number of aromatic nitrogens is 3. The molecule has 0 saturated heterocycles. The van der Waals surface area contributed by atoms with Gasteiger partial charge in [-0.05, 0) is 72.5 Å². The molecule has 0 fully saturated rings. The maximum absolute atomic E-state index is 13.4. The van der Waals surface area contributed by atoms with E-state index in [2.05, 4.69) is 4.98 Å². The Kier molecular flexibility index (Phi) is 9.59. The van der Waals surface area contributed by atoms with Crippen LogP contribution >= 0.6 is 23.2 Å². The summed E-state index contributed by atoms with van der Waals surface area (Å²) in [5, 5.41) is 7.71. The van der Waals surface area contributed by atoms with E-state index < -0.39 is 5.91 Å². The van der Waals surface area contributed by atoms with E-state index in [1.165, 1.54) is 4.90 Å². The molecule has 8 nitrogen and oxygen atoms in total. The molecule has 0 aliphatic heterocycles. The minimum Gasteiger partial charge on any atom is -0.496 e. The van der Waals surface area contributed by atoms with Crippen LogP contribution in [0.3, 0.4) is 0 Å². The SMILES string of the molecule is COc1ccc2ccccc2c1CN(CC(N)=O)C(=O)CCCCc1cc(-c2cccnc2)nn1-c1ccc(Cl)c(Cl)c1. The summed E-state index contributed by atoms with van der Waals surface area (Å²) in [5.41, 5.74) is 9.80. The van der Waals surface area contributed by atoms with Crippen LogP contribution in [-0.2, 0) is 22.6 Å². The van der Waals surface area contributed by atoms with Crippen molar-refractivity contribution in [2.45, 2.75) is 32.2 Å². The minimum atomic E-state index is -0.569. The number of nitrogens with zero attached hydrogens (tertiary/aromatic N) is 4. The van der Waals surface area contributed by atoms with Gasteiger partial charge < -0.3 is 15.4 Å². The number of rotatable bonds is 12. The largest absolute Gasteiger partial charge is 0.496 e. The Morgan fingerprint density at radius 1 is 0.977 bits per heavy atom. The molecule has 0 unspecified atom stereocenters. The molecule has 3 aromatic carbocycles. The lowest BCUT2D eigenvalue weighted by molar-refractivity contribution is -0.135. The fourth-order valence-corrected chi connectivity index (χ4v) is 5.41. The number of nitrogens with two attached hydrogens (primary N) is 1. The summed E-state index contributed by atoms with van der Waals surface area (Å²) in [7, 11) is 1.59. The number of fused-ring (bicyclic) bond motifs is 1. The minimum absolute atomic E-state index is 0.150. The van der Waals surface area contributed by atoms with Gasteiger partial charge in [0.2, 0.25) is 11.8 Å². The number of amides is 2. The van der Waals surface area contributed by atoms with Crippen LogP contribution in [0.2, 0.25) is 10.0 Å². The maximum atomic E-state index is 13.4. The lowest BCUT2D eigenvalue weighted by Crippen LogP contribution is -2.38. The molecular weight excluding hydrogens is 585 g/mol. The molecule has 2 N–H and O–H groups in total. The van der Waals surface area contributed by atoms with Crippen molar-refractivity contribution < 1.29 is 14.3 Å². The first kappa shape index (κ1) is 30.1. The summed E-state index contributed by atoms with van der Waals surface area (Å²) in [6.07, 6.45) is 5.73. The van der Waals surface area contributed by atoms with Crippen molar-refractivity contribution in [2.75, 3.05) is 13.7 Å². The molecule has 10 heteroatoms. The molecule has 0 saturated carbocycles. The summed E-state index contributed by atoms with van der Waals surface area (Å²) in [5.74, 6) is -0.0650. The average Bonchev–Trinajstić information content (AvgIpc) is 3.44. The summed E-state index contributed by atoms with van der Waals surface area (Å²) in [6, 6.07) is 23.0. The molecule has 43 heavy (non-hydrogen) atoms. The normalized spacial score (nSPS) is 11.0. The van der Waals surface area contributed by atoms with Crippen molar-refractivity contribution in [2.24, 2.45) is 5.73 Å². The first-order valence-corrected chi connectivity index (χ1v) is 14.6. The summed E-state index contributed by atoms with van der Waals surface area (Å²) in [4.78, 5) is 31.1. The molecule has 0 atom stereocenters. The maximum Gasteiger partial charge on any atom is 0.237 e. The fraction of sp³-hybridized carbons (Fsp3) is 0.212. The Balaban J connectivity index is 1.31. The third-order valence-electron chi connectivity index (χ3n) is 7.23. The Bertz CT molecular complexity index is 1760. The lowest BCUT2D eigenvalue weighted by atomic mass is 10.0. The highest BCUT2D eigenvalue weighted by atomic mass is 35.5. The van der Waals surface area contributed by atoms with Gasteiger partial charge in [-0.2, -0.15) is 5.10 Å². The van der Waals surface area contributed by atoms with Crippen molar-refractivity contribution in [3.8, 4) is 22.7 Å². The van der Waals surface area contributed by atoms with Crippen LogP contribution in [0.15, 0.2) is 85.2 Å².